The van der Waals surface area contributed by atoms with Gasteiger partial charge in [0.2, 0.25) is 0 Å². The number of fused-ring (bicyclic) bond motifs is 1. The van der Waals surface area contributed by atoms with Gasteiger partial charge in [-0.05, 0) is 55.7 Å². The van der Waals surface area contributed by atoms with E-state index in [0.717, 1.165) is 23.5 Å². The van der Waals surface area contributed by atoms with Crippen LogP contribution in [-0.2, 0) is 17.8 Å². The molecule has 3 rings (SSSR count). The Kier molecular flexibility index (Phi) is 6.45. The topological polar surface area (TPSA) is 48.0 Å². The second-order valence-corrected chi connectivity index (χ2v) is 6.63. The molecule has 0 aromatic heterocycles. The fourth-order valence-corrected chi connectivity index (χ4v) is 3.30. The number of nitrogens with zero attached hydrogens (tertiary/aromatic N) is 1. The minimum Gasteiger partial charge on any atom is -0.490 e. The predicted octanol–water partition coefficient (Wildman–Crippen LogP) is 4.10. The quantitative estimate of drug-likeness (QED) is 0.715. The number of hydrogen-bond acceptors (Lipinski definition) is 4. The Morgan fingerprint density at radius 3 is 2.33 bits per heavy atom. The fourth-order valence-electron chi connectivity index (χ4n) is 3.11. The molecule has 0 aliphatic carbocycles. The number of halogens is 1. The summed E-state index contributed by atoms with van der Waals surface area (Å²) in [5.74, 6) is 1.94. The number of carbonyl (C=O) groups is 1. The van der Waals surface area contributed by atoms with Crippen molar-refractivity contribution in [3.05, 3.63) is 52.5 Å². The van der Waals surface area contributed by atoms with Gasteiger partial charge in [-0.15, -0.1) is 0 Å². The van der Waals surface area contributed by atoms with Crippen LogP contribution in [0, 0.1) is 0 Å². The van der Waals surface area contributed by atoms with Gasteiger partial charge in [0.05, 0.1) is 18.2 Å². The number of amides is 1. The highest BCUT2D eigenvalue weighted by molar-refractivity contribution is 6.32. The van der Waals surface area contributed by atoms with Gasteiger partial charge in [-0.25, -0.2) is 0 Å². The normalized spacial score (nSPS) is 13.1. The van der Waals surface area contributed by atoms with E-state index < -0.39 is 0 Å². The lowest BCUT2D eigenvalue weighted by Crippen LogP contribution is -2.38. The van der Waals surface area contributed by atoms with Gasteiger partial charge < -0.3 is 19.1 Å². The maximum Gasteiger partial charge on any atom is 0.260 e. The van der Waals surface area contributed by atoms with E-state index in [2.05, 4.69) is 0 Å². The summed E-state index contributed by atoms with van der Waals surface area (Å²) >= 11 is 6.07. The zero-order valence-corrected chi connectivity index (χ0v) is 16.4. The summed E-state index contributed by atoms with van der Waals surface area (Å²) in [5.41, 5.74) is 2.28. The average Bonchev–Trinajstić information content (AvgIpc) is 2.67. The Hall–Kier alpha value is -2.40. The van der Waals surface area contributed by atoms with Gasteiger partial charge in [-0.3, -0.25) is 4.79 Å². The molecule has 1 amide bonds. The first-order chi connectivity index (χ1) is 13.1. The van der Waals surface area contributed by atoms with Crippen LogP contribution in [0.5, 0.6) is 17.2 Å². The minimum atomic E-state index is -0.0626. The van der Waals surface area contributed by atoms with Gasteiger partial charge in [0.25, 0.3) is 5.91 Å². The number of benzene rings is 2. The lowest BCUT2D eigenvalue weighted by atomic mass is 9.98. The number of hydrogen-bond donors (Lipinski definition) is 0. The van der Waals surface area contributed by atoms with E-state index in [0.29, 0.717) is 37.1 Å². The molecule has 1 aliphatic heterocycles. The molecule has 0 atom stereocenters. The predicted molar refractivity (Wildman–Crippen MR) is 105 cm³/mol. The summed E-state index contributed by atoms with van der Waals surface area (Å²) in [6.07, 6.45) is 0.777. The summed E-state index contributed by atoms with van der Waals surface area (Å²) in [4.78, 5) is 14.4. The lowest BCUT2D eigenvalue weighted by molar-refractivity contribution is -0.134. The largest absolute Gasteiger partial charge is 0.490 e. The van der Waals surface area contributed by atoms with Gasteiger partial charge in [-0.2, -0.15) is 0 Å². The van der Waals surface area contributed by atoms with Crippen LogP contribution in [0.1, 0.15) is 25.0 Å². The van der Waals surface area contributed by atoms with Crippen molar-refractivity contribution in [1.29, 1.82) is 0 Å². The molecule has 0 unspecified atom stereocenters. The van der Waals surface area contributed by atoms with E-state index in [1.54, 1.807) is 17.0 Å². The number of rotatable bonds is 7. The lowest BCUT2D eigenvalue weighted by Gasteiger charge is -2.29. The molecule has 5 nitrogen and oxygen atoms in total. The Bertz CT molecular complexity index is 809. The standard InChI is InChI=1S/C21H24ClNO4/c1-3-25-19-11-15-9-10-23(13-16(15)12-20(19)26-4-2)21(24)14-27-18-8-6-5-7-17(18)22/h5-8,11-12H,3-4,9-10,13-14H2,1-2H3. The second kappa shape index (κ2) is 9.00. The number of carbonyl (C=O) groups excluding carboxylic acids is 1. The molecule has 0 spiro atoms. The monoisotopic (exact) mass is 389 g/mol. The van der Waals surface area contributed by atoms with Crippen molar-refractivity contribution in [1.82, 2.24) is 4.90 Å². The maximum atomic E-state index is 12.6. The zero-order chi connectivity index (χ0) is 19.2. The van der Waals surface area contributed by atoms with Crippen LogP contribution in [0.25, 0.3) is 0 Å². The second-order valence-electron chi connectivity index (χ2n) is 6.22. The molecule has 0 fully saturated rings. The van der Waals surface area contributed by atoms with E-state index >= 15 is 0 Å². The summed E-state index contributed by atoms with van der Waals surface area (Å²) in [6.45, 7) is 6.19. The first-order valence-electron chi connectivity index (χ1n) is 9.18. The van der Waals surface area contributed by atoms with Gasteiger partial charge in [0.1, 0.15) is 5.75 Å². The van der Waals surface area contributed by atoms with E-state index in [1.165, 1.54) is 5.56 Å². The molecule has 27 heavy (non-hydrogen) atoms. The third-order valence-corrected chi connectivity index (χ3v) is 4.73. The van der Waals surface area contributed by atoms with Gasteiger partial charge in [-0.1, -0.05) is 23.7 Å². The summed E-state index contributed by atoms with van der Waals surface area (Å²) in [5, 5.41) is 0.499. The van der Waals surface area contributed by atoms with Crippen molar-refractivity contribution >= 4 is 17.5 Å². The van der Waals surface area contributed by atoms with E-state index in [9.17, 15) is 4.79 Å². The molecule has 6 heteroatoms. The number of ether oxygens (including phenoxy) is 3. The van der Waals surface area contributed by atoms with Gasteiger partial charge >= 0.3 is 0 Å². The smallest absolute Gasteiger partial charge is 0.260 e. The average molecular weight is 390 g/mol. The molecule has 0 radical (unpaired) electrons. The molecule has 0 N–H and O–H groups in total. The highest BCUT2D eigenvalue weighted by Crippen LogP contribution is 2.34. The van der Waals surface area contributed by atoms with Crippen LogP contribution in [0.15, 0.2) is 36.4 Å². The maximum absolute atomic E-state index is 12.6. The van der Waals surface area contributed by atoms with E-state index in [1.807, 2.05) is 38.1 Å². The third kappa shape index (κ3) is 4.66. The fraction of sp³-hybridized carbons (Fsp3) is 0.381. The Morgan fingerprint density at radius 2 is 1.67 bits per heavy atom. The molecule has 0 bridgehead atoms. The zero-order valence-electron chi connectivity index (χ0n) is 15.7. The SMILES string of the molecule is CCOc1cc2c(cc1OCC)CN(C(=O)COc1ccccc1Cl)CC2. The molecule has 2 aromatic carbocycles. The van der Waals surface area contributed by atoms with Crippen LogP contribution in [0.3, 0.4) is 0 Å². The Balaban J connectivity index is 1.68. The van der Waals surface area contributed by atoms with Gasteiger partial charge in [0, 0.05) is 13.1 Å². The van der Waals surface area contributed by atoms with Crippen molar-refractivity contribution in [3.8, 4) is 17.2 Å². The van der Waals surface area contributed by atoms with E-state index in [4.69, 9.17) is 25.8 Å². The highest BCUT2D eigenvalue weighted by atomic mass is 35.5. The summed E-state index contributed by atoms with van der Waals surface area (Å²) in [7, 11) is 0. The van der Waals surface area contributed by atoms with Crippen LogP contribution in [-0.4, -0.2) is 37.2 Å². The van der Waals surface area contributed by atoms with Crippen LogP contribution >= 0.6 is 11.6 Å². The first-order valence-corrected chi connectivity index (χ1v) is 9.56. The number of para-hydroxylation sites is 1. The molecule has 0 saturated heterocycles. The Labute approximate surface area is 164 Å². The molecule has 0 saturated carbocycles. The van der Waals surface area contributed by atoms with Crippen molar-refractivity contribution in [2.24, 2.45) is 0 Å². The summed E-state index contributed by atoms with van der Waals surface area (Å²) in [6, 6.07) is 11.2. The van der Waals surface area contributed by atoms with Crippen molar-refractivity contribution in [3.63, 3.8) is 0 Å². The van der Waals surface area contributed by atoms with Crippen LogP contribution in [0.2, 0.25) is 5.02 Å². The molecule has 1 aliphatic rings. The molecule has 1 heterocycles. The molecular formula is C21H24ClNO4. The molecule has 144 valence electrons. The van der Waals surface area contributed by atoms with Crippen molar-refractivity contribution in [2.75, 3.05) is 26.4 Å². The van der Waals surface area contributed by atoms with Crippen molar-refractivity contribution in [2.45, 2.75) is 26.8 Å². The summed E-state index contributed by atoms with van der Waals surface area (Å²) < 4.78 is 17.0. The first kappa shape index (κ1) is 19.4. The molecule has 2 aromatic rings. The minimum absolute atomic E-state index is 0.0333. The third-order valence-electron chi connectivity index (χ3n) is 4.42. The molecular weight excluding hydrogens is 366 g/mol. The van der Waals surface area contributed by atoms with Gasteiger partial charge in [0.15, 0.2) is 18.1 Å². The highest BCUT2D eigenvalue weighted by Gasteiger charge is 2.23. The Morgan fingerprint density at radius 1 is 1.00 bits per heavy atom. The van der Waals surface area contributed by atoms with Crippen LogP contribution in [0.4, 0.5) is 0 Å². The van der Waals surface area contributed by atoms with E-state index in [-0.39, 0.29) is 12.5 Å². The van der Waals surface area contributed by atoms with Crippen molar-refractivity contribution < 1.29 is 19.0 Å². The van der Waals surface area contributed by atoms with Crippen LogP contribution < -0.4 is 14.2 Å².